The van der Waals surface area contributed by atoms with Gasteiger partial charge < -0.3 is 15.8 Å². The Balaban J connectivity index is 2.25. The molecule has 1 rings (SSSR count). The number of ether oxygens (including phenoxy) is 1. The second kappa shape index (κ2) is 9.35. The molecule has 1 aliphatic rings. The molecule has 0 aromatic heterocycles. The molecule has 0 bridgehead atoms. The second-order valence-corrected chi connectivity index (χ2v) is 6.28. The Labute approximate surface area is 123 Å². The van der Waals surface area contributed by atoms with Gasteiger partial charge in [0.05, 0.1) is 11.5 Å². The van der Waals surface area contributed by atoms with Gasteiger partial charge in [0.25, 0.3) is 0 Å². The SMILES string of the molecule is CC(C)OCCCCNC(=O)C1(CN)CCCCCC1. The van der Waals surface area contributed by atoms with Crippen LogP contribution in [0.5, 0.6) is 0 Å². The number of unbranched alkanes of at least 4 members (excludes halogenated alkanes) is 1. The molecule has 0 radical (unpaired) electrons. The van der Waals surface area contributed by atoms with Gasteiger partial charge in [-0.05, 0) is 39.5 Å². The van der Waals surface area contributed by atoms with E-state index in [2.05, 4.69) is 5.32 Å². The predicted octanol–water partition coefficient (Wildman–Crippen LogP) is 2.61. The van der Waals surface area contributed by atoms with Crippen LogP contribution in [0.3, 0.4) is 0 Å². The highest BCUT2D eigenvalue weighted by Gasteiger charge is 2.36. The summed E-state index contributed by atoms with van der Waals surface area (Å²) < 4.78 is 5.49. The van der Waals surface area contributed by atoms with Crippen molar-refractivity contribution < 1.29 is 9.53 Å². The summed E-state index contributed by atoms with van der Waals surface area (Å²) in [5.41, 5.74) is 5.61. The first-order chi connectivity index (χ1) is 9.60. The van der Waals surface area contributed by atoms with Crippen molar-refractivity contribution in [3.63, 3.8) is 0 Å². The van der Waals surface area contributed by atoms with Crippen LogP contribution in [0.15, 0.2) is 0 Å². The number of hydrogen-bond acceptors (Lipinski definition) is 3. The lowest BCUT2D eigenvalue weighted by Gasteiger charge is -2.29. The molecule has 1 fully saturated rings. The average Bonchev–Trinajstić information content (AvgIpc) is 2.68. The Bertz CT molecular complexity index is 272. The van der Waals surface area contributed by atoms with E-state index < -0.39 is 0 Å². The number of nitrogens with one attached hydrogen (secondary N) is 1. The first kappa shape index (κ1) is 17.4. The molecule has 0 aliphatic heterocycles. The van der Waals surface area contributed by atoms with Gasteiger partial charge in [-0.2, -0.15) is 0 Å². The van der Waals surface area contributed by atoms with Gasteiger partial charge in [-0.3, -0.25) is 4.79 Å². The lowest BCUT2D eigenvalue weighted by molar-refractivity contribution is -0.131. The lowest BCUT2D eigenvalue weighted by atomic mass is 9.79. The Morgan fingerprint density at radius 2 is 1.85 bits per heavy atom. The van der Waals surface area contributed by atoms with Gasteiger partial charge in [-0.15, -0.1) is 0 Å². The highest BCUT2D eigenvalue weighted by Crippen LogP contribution is 2.34. The van der Waals surface area contributed by atoms with Crippen molar-refractivity contribution in [1.82, 2.24) is 5.32 Å². The molecule has 4 nitrogen and oxygen atoms in total. The minimum atomic E-state index is -0.301. The van der Waals surface area contributed by atoms with E-state index in [1.54, 1.807) is 0 Å². The zero-order chi connectivity index (χ0) is 14.8. The number of carbonyl (C=O) groups is 1. The summed E-state index contributed by atoms with van der Waals surface area (Å²) >= 11 is 0. The van der Waals surface area contributed by atoms with E-state index in [0.29, 0.717) is 6.54 Å². The molecule has 0 spiro atoms. The summed E-state index contributed by atoms with van der Waals surface area (Å²) in [5, 5.41) is 3.09. The molecule has 118 valence electrons. The summed E-state index contributed by atoms with van der Waals surface area (Å²) in [7, 11) is 0. The molecule has 1 saturated carbocycles. The van der Waals surface area contributed by atoms with Crippen LogP contribution in [0.25, 0.3) is 0 Å². The molecule has 1 amide bonds. The van der Waals surface area contributed by atoms with Gasteiger partial charge in [0.15, 0.2) is 0 Å². The Morgan fingerprint density at radius 3 is 2.40 bits per heavy atom. The predicted molar refractivity (Wildman–Crippen MR) is 82.5 cm³/mol. The minimum Gasteiger partial charge on any atom is -0.379 e. The van der Waals surface area contributed by atoms with Crippen molar-refractivity contribution in [2.24, 2.45) is 11.1 Å². The third kappa shape index (κ3) is 5.80. The Hall–Kier alpha value is -0.610. The second-order valence-electron chi connectivity index (χ2n) is 6.28. The van der Waals surface area contributed by atoms with Gasteiger partial charge in [0.1, 0.15) is 0 Å². The van der Waals surface area contributed by atoms with Crippen LogP contribution in [0, 0.1) is 5.41 Å². The van der Waals surface area contributed by atoms with Crippen molar-refractivity contribution in [2.45, 2.75) is 71.3 Å². The average molecular weight is 284 g/mol. The lowest BCUT2D eigenvalue weighted by Crippen LogP contribution is -2.46. The number of rotatable bonds is 8. The van der Waals surface area contributed by atoms with E-state index in [1.165, 1.54) is 12.8 Å². The number of nitrogens with two attached hydrogens (primary N) is 1. The largest absolute Gasteiger partial charge is 0.379 e. The van der Waals surface area contributed by atoms with Crippen molar-refractivity contribution in [3.05, 3.63) is 0 Å². The van der Waals surface area contributed by atoms with Gasteiger partial charge in [0.2, 0.25) is 5.91 Å². The van der Waals surface area contributed by atoms with Crippen molar-refractivity contribution in [3.8, 4) is 0 Å². The topological polar surface area (TPSA) is 64.3 Å². The van der Waals surface area contributed by atoms with Crippen LogP contribution in [-0.4, -0.2) is 31.7 Å². The van der Waals surface area contributed by atoms with E-state index in [1.807, 2.05) is 13.8 Å². The third-order valence-electron chi connectivity index (χ3n) is 4.24. The molecule has 0 unspecified atom stereocenters. The molecular formula is C16H32N2O2. The van der Waals surface area contributed by atoms with Crippen LogP contribution in [-0.2, 0) is 9.53 Å². The highest BCUT2D eigenvalue weighted by atomic mass is 16.5. The normalized spacial score (nSPS) is 18.8. The van der Waals surface area contributed by atoms with Crippen molar-refractivity contribution >= 4 is 5.91 Å². The standard InChI is InChI=1S/C16H32N2O2/c1-14(2)20-12-8-7-11-18-15(19)16(13-17)9-5-3-4-6-10-16/h14H,3-13,17H2,1-2H3,(H,18,19). The van der Waals surface area contributed by atoms with Crippen molar-refractivity contribution in [2.75, 3.05) is 19.7 Å². The van der Waals surface area contributed by atoms with E-state index in [0.717, 1.165) is 51.7 Å². The molecule has 0 aromatic rings. The minimum absolute atomic E-state index is 0.173. The van der Waals surface area contributed by atoms with Gasteiger partial charge >= 0.3 is 0 Å². The first-order valence-electron chi connectivity index (χ1n) is 8.21. The summed E-state index contributed by atoms with van der Waals surface area (Å²) in [6.07, 6.45) is 8.89. The fourth-order valence-electron chi connectivity index (χ4n) is 2.86. The van der Waals surface area contributed by atoms with Gasteiger partial charge in [0, 0.05) is 19.7 Å². The van der Waals surface area contributed by atoms with Gasteiger partial charge in [-0.25, -0.2) is 0 Å². The fourth-order valence-corrected chi connectivity index (χ4v) is 2.86. The highest BCUT2D eigenvalue weighted by molar-refractivity contribution is 5.82. The number of hydrogen-bond donors (Lipinski definition) is 2. The molecule has 20 heavy (non-hydrogen) atoms. The molecule has 0 saturated heterocycles. The monoisotopic (exact) mass is 284 g/mol. The van der Waals surface area contributed by atoms with E-state index in [-0.39, 0.29) is 17.4 Å². The smallest absolute Gasteiger partial charge is 0.227 e. The van der Waals surface area contributed by atoms with Crippen molar-refractivity contribution in [1.29, 1.82) is 0 Å². The molecule has 0 heterocycles. The maximum atomic E-state index is 12.4. The maximum Gasteiger partial charge on any atom is 0.227 e. The Kier molecular flexibility index (Phi) is 8.15. The van der Waals surface area contributed by atoms with Crippen LogP contribution in [0.1, 0.15) is 65.2 Å². The van der Waals surface area contributed by atoms with Gasteiger partial charge in [-0.1, -0.05) is 25.7 Å². The summed E-state index contributed by atoms with van der Waals surface area (Å²) in [4.78, 5) is 12.4. The third-order valence-corrected chi connectivity index (χ3v) is 4.24. The molecule has 3 N–H and O–H groups in total. The maximum absolute atomic E-state index is 12.4. The number of carbonyl (C=O) groups excluding carboxylic acids is 1. The molecule has 0 atom stereocenters. The first-order valence-corrected chi connectivity index (χ1v) is 8.21. The number of amides is 1. The van der Waals surface area contributed by atoms with Crippen LogP contribution >= 0.6 is 0 Å². The zero-order valence-electron chi connectivity index (χ0n) is 13.2. The molecule has 0 aromatic carbocycles. The van der Waals surface area contributed by atoms with E-state index in [9.17, 15) is 4.79 Å². The summed E-state index contributed by atoms with van der Waals surface area (Å²) in [6.45, 7) is 6.07. The fraction of sp³-hybridized carbons (Fsp3) is 0.938. The quantitative estimate of drug-likeness (QED) is 0.532. The summed E-state index contributed by atoms with van der Waals surface area (Å²) in [6, 6.07) is 0. The Morgan fingerprint density at radius 1 is 1.20 bits per heavy atom. The van der Waals surface area contributed by atoms with Crippen LogP contribution in [0.4, 0.5) is 0 Å². The van der Waals surface area contributed by atoms with Crippen LogP contribution in [0.2, 0.25) is 0 Å². The molecule has 1 aliphatic carbocycles. The molecule has 4 heteroatoms. The zero-order valence-corrected chi connectivity index (χ0v) is 13.2. The summed E-state index contributed by atoms with van der Waals surface area (Å²) in [5.74, 6) is 0.173. The van der Waals surface area contributed by atoms with E-state index >= 15 is 0 Å². The molecular weight excluding hydrogens is 252 g/mol. The van der Waals surface area contributed by atoms with E-state index in [4.69, 9.17) is 10.5 Å². The van der Waals surface area contributed by atoms with Crippen LogP contribution < -0.4 is 11.1 Å².